The van der Waals surface area contributed by atoms with Gasteiger partial charge in [-0.15, -0.1) is 0 Å². The summed E-state index contributed by atoms with van der Waals surface area (Å²) in [6, 6.07) is 16.1. The van der Waals surface area contributed by atoms with Crippen molar-refractivity contribution in [2.75, 3.05) is 14.2 Å². The van der Waals surface area contributed by atoms with Gasteiger partial charge >= 0.3 is 0 Å². The number of guanidine groups is 1. The average molecular weight is 323 g/mol. The van der Waals surface area contributed by atoms with Gasteiger partial charge < -0.3 is 10.1 Å². The van der Waals surface area contributed by atoms with Crippen LogP contribution < -0.4 is 15.4 Å². The average Bonchev–Trinajstić information content (AvgIpc) is 2.61. The van der Waals surface area contributed by atoms with Crippen molar-refractivity contribution in [2.45, 2.75) is 18.9 Å². The quantitative estimate of drug-likeness (QED) is 0.913. The first-order chi connectivity index (χ1) is 11.5. The first kappa shape index (κ1) is 16.1. The van der Waals surface area contributed by atoms with Crippen LogP contribution in [-0.2, 0) is 10.3 Å². The molecule has 1 heterocycles. The lowest BCUT2D eigenvalue weighted by Gasteiger charge is -2.36. The summed E-state index contributed by atoms with van der Waals surface area (Å²) in [6.45, 7) is 2.02. The SMILES string of the molecule is CN=C1NC(=O)CC(C)(c2cccc(-c3cccc(OC)c3)c2)N1. The number of aliphatic imine (C=N–C) groups is 1. The highest BCUT2D eigenvalue weighted by atomic mass is 16.5. The summed E-state index contributed by atoms with van der Waals surface area (Å²) in [7, 11) is 3.31. The molecular weight excluding hydrogens is 302 g/mol. The summed E-state index contributed by atoms with van der Waals surface area (Å²) in [5, 5.41) is 6.06. The van der Waals surface area contributed by atoms with E-state index in [2.05, 4.69) is 27.8 Å². The van der Waals surface area contributed by atoms with Gasteiger partial charge in [-0.2, -0.15) is 0 Å². The molecule has 1 unspecified atom stereocenters. The standard InChI is InChI=1S/C19H21N3O2/c1-19(12-17(23)21-18(20-2)22-19)15-8-4-6-13(10-15)14-7-5-9-16(11-14)24-3/h4-11H,12H2,1-3H3,(H2,20,21,22,23). The van der Waals surface area contributed by atoms with Crippen LogP contribution in [0.5, 0.6) is 5.75 Å². The van der Waals surface area contributed by atoms with Crippen molar-refractivity contribution in [3.63, 3.8) is 0 Å². The number of carbonyl (C=O) groups is 1. The maximum atomic E-state index is 12.0. The van der Waals surface area contributed by atoms with Crippen LogP contribution in [0.4, 0.5) is 0 Å². The molecule has 1 aliphatic heterocycles. The fraction of sp³-hybridized carbons (Fsp3) is 0.263. The molecule has 1 aliphatic rings. The van der Waals surface area contributed by atoms with Gasteiger partial charge in [-0.1, -0.05) is 30.3 Å². The first-order valence-electron chi connectivity index (χ1n) is 7.84. The molecule has 0 radical (unpaired) electrons. The number of hydrogen-bond donors (Lipinski definition) is 2. The fourth-order valence-corrected chi connectivity index (χ4v) is 2.96. The maximum Gasteiger partial charge on any atom is 0.229 e. The van der Waals surface area contributed by atoms with Gasteiger partial charge in [0.05, 0.1) is 19.1 Å². The minimum absolute atomic E-state index is 0.0383. The summed E-state index contributed by atoms with van der Waals surface area (Å²) in [5.41, 5.74) is 2.70. The Morgan fingerprint density at radius 2 is 1.83 bits per heavy atom. The number of nitrogens with one attached hydrogen (secondary N) is 2. The molecule has 0 spiro atoms. The minimum Gasteiger partial charge on any atom is -0.497 e. The summed E-state index contributed by atoms with van der Waals surface area (Å²) < 4.78 is 5.30. The highest BCUT2D eigenvalue weighted by Gasteiger charge is 2.35. The van der Waals surface area contributed by atoms with Gasteiger partial charge in [0.15, 0.2) is 5.96 Å². The molecule has 1 fully saturated rings. The number of methoxy groups -OCH3 is 1. The number of rotatable bonds is 3. The number of benzene rings is 2. The molecule has 124 valence electrons. The molecule has 0 bridgehead atoms. The normalized spacial score (nSPS) is 22.0. The van der Waals surface area contributed by atoms with Crippen LogP contribution in [0.3, 0.4) is 0 Å². The van der Waals surface area contributed by atoms with Crippen molar-refractivity contribution in [3.8, 4) is 16.9 Å². The van der Waals surface area contributed by atoms with Crippen LogP contribution in [-0.4, -0.2) is 26.0 Å². The van der Waals surface area contributed by atoms with E-state index in [-0.39, 0.29) is 5.91 Å². The molecule has 5 nitrogen and oxygen atoms in total. The van der Waals surface area contributed by atoms with E-state index >= 15 is 0 Å². The Bertz CT molecular complexity index is 801. The van der Waals surface area contributed by atoms with Crippen molar-refractivity contribution >= 4 is 11.9 Å². The predicted molar refractivity (Wildman–Crippen MR) is 95.0 cm³/mol. The number of ether oxygens (including phenoxy) is 1. The summed E-state index contributed by atoms with van der Waals surface area (Å²) in [5.74, 6) is 1.28. The topological polar surface area (TPSA) is 62.7 Å². The molecule has 1 saturated heterocycles. The monoisotopic (exact) mass is 323 g/mol. The van der Waals surface area contributed by atoms with Crippen LogP contribution >= 0.6 is 0 Å². The molecule has 1 atom stereocenters. The smallest absolute Gasteiger partial charge is 0.229 e. The molecule has 2 aromatic rings. The Hall–Kier alpha value is -2.82. The van der Waals surface area contributed by atoms with Crippen LogP contribution in [0.15, 0.2) is 53.5 Å². The van der Waals surface area contributed by atoms with Crippen molar-refractivity contribution in [1.82, 2.24) is 10.6 Å². The van der Waals surface area contributed by atoms with Crippen LogP contribution in [0.25, 0.3) is 11.1 Å². The lowest BCUT2D eigenvalue weighted by molar-refractivity contribution is -0.121. The zero-order chi connectivity index (χ0) is 17.2. The van der Waals surface area contributed by atoms with Crippen LogP contribution in [0.1, 0.15) is 18.9 Å². The molecule has 0 saturated carbocycles. The Kier molecular flexibility index (Phi) is 4.25. The highest BCUT2D eigenvalue weighted by Crippen LogP contribution is 2.31. The molecular formula is C19H21N3O2. The van der Waals surface area contributed by atoms with E-state index < -0.39 is 5.54 Å². The Labute approximate surface area is 141 Å². The van der Waals surface area contributed by atoms with E-state index in [1.807, 2.05) is 43.3 Å². The minimum atomic E-state index is -0.494. The predicted octanol–water partition coefficient (Wildman–Crippen LogP) is 2.67. The molecule has 0 aliphatic carbocycles. The second kappa shape index (κ2) is 6.35. The third-order valence-electron chi connectivity index (χ3n) is 4.29. The van der Waals surface area contributed by atoms with Crippen molar-refractivity contribution in [2.24, 2.45) is 4.99 Å². The van der Waals surface area contributed by atoms with Gasteiger partial charge in [-0.25, -0.2) is 0 Å². The summed E-state index contributed by atoms with van der Waals surface area (Å²) in [6.07, 6.45) is 0.355. The van der Waals surface area contributed by atoms with Gasteiger partial charge in [-0.05, 0) is 41.8 Å². The molecule has 2 N–H and O–H groups in total. The number of hydrogen-bond acceptors (Lipinski definition) is 3. The molecule has 1 amide bonds. The van der Waals surface area contributed by atoms with Crippen molar-refractivity contribution in [3.05, 3.63) is 54.1 Å². The highest BCUT2D eigenvalue weighted by molar-refractivity contribution is 6.00. The molecule has 5 heteroatoms. The number of nitrogens with zero attached hydrogens (tertiary/aromatic N) is 1. The zero-order valence-electron chi connectivity index (χ0n) is 14.1. The Balaban J connectivity index is 1.99. The zero-order valence-corrected chi connectivity index (χ0v) is 14.1. The maximum absolute atomic E-state index is 12.0. The van der Waals surface area contributed by atoms with Crippen LogP contribution in [0.2, 0.25) is 0 Å². The fourth-order valence-electron chi connectivity index (χ4n) is 2.96. The third-order valence-corrected chi connectivity index (χ3v) is 4.29. The second-order valence-electron chi connectivity index (χ2n) is 6.07. The van der Waals surface area contributed by atoms with E-state index in [9.17, 15) is 4.79 Å². The van der Waals surface area contributed by atoms with Gasteiger partial charge in [0.1, 0.15) is 5.75 Å². The van der Waals surface area contributed by atoms with E-state index in [1.165, 1.54) is 0 Å². The van der Waals surface area contributed by atoms with E-state index in [0.29, 0.717) is 12.4 Å². The second-order valence-corrected chi connectivity index (χ2v) is 6.07. The number of carbonyl (C=O) groups excluding carboxylic acids is 1. The first-order valence-corrected chi connectivity index (χ1v) is 7.84. The van der Waals surface area contributed by atoms with Crippen molar-refractivity contribution in [1.29, 1.82) is 0 Å². The molecule has 2 aromatic carbocycles. The van der Waals surface area contributed by atoms with Crippen LogP contribution in [0, 0.1) is 0 Å². The van der Waals surface area contributed by atoms with Gasteiger partial charge in [0, 0.05) is 7.05 Å². The van der Waals surface area contributed by atoms with E-state index in [4.69, 9.17) is 4.74 Å². The molecule has 0 aromatic heterocycles. The van der Waals surface area contributed by atoms with Crippen molar-refractivity contribution < 1.29 is 9.53 Å². The summed E-state index contributed by atoms with van der Waals surface area (Å²) in [4.78, 5) is 16.1. The van der Waals surface area contributed by atoms with Gasteiger partial charge in [-0.3, -0.25) is 15.1 Å². The van der Waals surface area contributed by atoms with Gasteiger partial charge in [0.25, 0.3) is 0 Å². The van der Waals surface area contributed by atoms with E-state index in [1.54, 1.807) is 14.2 Å². The van der Waals surface area contributed by atoms with E-state index in [0.717, 1.165) is 22.4 Å². The molecule has 24 heavy (non-hydrogen) atoms. The van der Waals surface area contributed by atoms with Gasteiger partial charge in [0.2, 0.25) is 5.91 Å². The lowest BCUT2D eigenvalue weighted by atomic mass is 9.85. The molecule has 3 rings (SSSR count). The Morgan fingerprint density at radius 3 is 2.54 bits per heavy atom. The number of amides is 1. The summed E-state index contributed by atoms with van der Waals surface area (Å²) >= 11 is 0. The third kappa shape index (κ3) is 3.11. The largest absolute Gasteiger partial charge is 0.497 e. The Morgan fingerprint density at radius 1 is 1.12 bits per heavy atom. The lowest BCUT2D eigenvalue weighted by Crippen LogP contribution is -2.58.